The molecular weight excluding hydrogens is 246 g/mol. The maximum absolute atomic E-state index is 9.06. The maximum Gasteiger partial charge on any atom is 0.120 e. The molecule has 0 aliphatic carbocycles. The molecule has 0 unspecified atom stereocenters. The van der Waals surface area contributed by atoms with Gasteiger partial charge in [0, 0.05) is 25.0 Å². The Kier molecular flexibility index (Phi) is 4.47. The molecule has 1 N–H and O–H groups in total. The summed E-state index contributed by atoms with van der Waals surface area (Å²) in [4.78, 5) is 0. The molecular formula is C17H21N3. The van der Waals surface area contributed by atoms with Crippen LogP contribution in [0.5, 0.6) is 0 Å². The average Bonchev–Trinajstić information content (AvgIpc) is 2.74. The molecule has 3 heteroatoms. The lowest BCUT2D eigenvalue weighted by Crippen LogP contribution is -2.03. The van der Waals surface area contributed by atoms with Gasteiger partial charge in [-0.15, -0.1) is 0 Å². The zero-order valence-electron chi connectivity index (χ0n) is 12.4. The molecule has 1 aromatic carbocycles. The van der Waals surface area contributed by atoms with Gasteiger partial charge in [-0.05, 0) is 36.6 Å². The first-order valence-electron chi connectivity index (χ1n) is 7.04. The molecule has 0 fully saturated rings. The van der Waals surface area contributed by atoms with Crippen molar-refractivity contribution in [1.29, 1.82) is 5.26 Å². The van der Waals surface area contributed by atoms with Crippen molar-refractivity contribution in [1.82, 2.24) is 4.57 Å². The zero-order valence-corrected chi connectivity index (χ0v) is 12.4. The molecule has 0 atom stereocenters. The van der Waals surface area contributed by atoms with E-state index in [1.807, 2.05) is 17.7 Å². The Balaban J connectivity index is 2.15. The molecule has 104 valence electrons. The minimum absolute atomic E-state index is 0.709. The Morgan fingerprint density at radius 1 is 1.25 bits per heavy atom. The van der Waals surface area contributed by atoms with E-state index in [-0.39, 0.29) is 0 Å². The van der Waals surface area contributed by atoms with E-state index in [0.29, 0.717) is 5.69 Å². The molecule has 0 aliphatic heterocycles. The SMILES string of the molecule is CCCc1ccccc1NCc1cc(C#N)n(C)c1C. The molecule has 0 spiro atoms. The third-order valence-corrected chi connectivity index (χ3v) is 3.76. The Morgan fingerprint density at radius 3 is 2.65 bits per heavy atom. The second-order valence-corrected chi connectivity index (χ2v) is 5.07. The van der Waals surface area contributed by atoms with E-state index in [4.69, 9.17) is 5.26 Å². The van der Waals surface area contributed by atoms with Crippen molar-refractivity contribution >= 4 is 5.69 Å². The summed E-state index contributed by atoms with van der Waals surface area (Å²) in [6.45, 7) is 5.00. The quantitative estimate of drug-likeness (QED) is 0.896. The average molecular weight is 267 g/mol. The number of nitriles is 1. The van der Waals surface area contributed by atoms with Crippen LogP contribution in [0.2, 0.25) is 0 Å². The number of aromatic nitrogens is 1. The lowest BCUT2D eigenvalue weighted by Gasteiger charge is -2.11. The number of para-hydroxylation sites is 1. The number of hydrogen-bond acceptors (Lipinski definition) is 2. The number of rotatable bonds is 5. The number of anilines is 1. The third-order valence-electron chi connectivity index (χ3n) is 3.76. The van der Waals surface area contributed by atoms with Gasteiger partial charge in [-0.2, -0.15) is 5.26 Å². The van der Waals surface area contributed by atoms with Crippen molar-refractivity contribution in [2.75, 3.05) is 5.32 Å². The van der Waals surface area contributed by atoms with Crippen LogP contribution in [0.15, 0.2) is 30.3 Å². The van der Waals surface area contributed by atoms with Crippen molar-refractivity contribution < 1.29 is 0 Å². The highest BCUT2D eigenvalue weighted by atomic mass is 15.0. The molecule has 0 saturated carbocycles. The highest BCUT2D eigenvalue weighted by molar-refractivity contribution is 5.52. The summed E-state index contributed by atoms with van der Waals surface area (Å²) < 4.78 is 1.94. The molecule has 1 heterocycles. The van der Waals surface area contributed by atoms with E-state index in [2.05, 4.69) is 49.5 Å². The Labute approximate surface area is 120 Å². The Bertz CT molecular complexity index is 632. The first-order valence-corrected chi connectivity index (χ1v) is 7.04. The second kappa shape index (κ2) is 6.29. The molecule has 20 heavy (non-hydrogen) atoms. The summed E-state index contributed by atoms with van der Waals surface area (Å²) in [6.07, 6.45) is 2.22. The van der Waals surface area contributed by atoms with Crippen LogP contribution >= 0.6 is 0 Å². The van der Waals surface area contributed by atoms with Crippen LogP contribution in [0.3, 0.4) is 0 Å². The van der Waals surface area contributed by atoms with Crippen LogP contribution in [-0.4, -0.2) is 4.57 Å². The van der Waals surface area contributed by atoms with E-state index < -0.39 is 0 Å². The lowest BCUT2D eigenvalue weighted by atomic mass is 10.1. The fourth-order valence-corrected chi connectivity index (χ4v) is 2.42. The molecule has 2 aromatic rings. The molecule has 0 bridgehead atoms. The first-order chi connectivity index (χ1) is 9.67. The molecule has 0 amide bonds. The lowest BCUT2D eigenvalue weighted by molar-refractivity contribution is 0.856. The topological polar surface area (TPSA) is 40.8 Å². The third kappa shape index (κ3) is 2.85. The van der Waals surface area contributed by atoms with Crippen LogP contribution in [0, 0.1) is 18.3 Å². The molecule has 3 nitrogen and oxygen atoms in total. The molecule has 2 rings (SSSR count). The van der Waals surface area contributed by atoms with Crippen molar-refractivity contribution in [2.24, 2.45) is 7.05 Å². The van der Waals surface area contributed by atoms with Gasteiger partial charge in [0.1, 0.15) is 11.8 Å². The van der Waals surface area contributed by atoms with Gasteiger partial charge >= 0.3 is 0 Å². The Morgan fingerprint density at radius 2 is 2.00 bits per heavy atom. The van der Waals surface area contributed by atoms with Crippen LogP contribution in [0.25, 0.3) is 0 Å². The van der Waals surface area contributed by atoms with Crippen molar-refractivity contribution in [2.45, 2.75) is 33.2 Å². The monoisotopic (exact) mass is 267 g/mol. The van der Waals surface area contributed by atoms with Gasteiger partial charge in [0.15, 0.2) is 0 Å². The van der Waals surface area contributed by atoms with Crippen LogP contribution in [0.4, 0.5) is 5.69 Å². The fraction of sp³-hybridized carbons (Fsp3) is 0.353. The molecule has 0 radical (unpaired) electrons. The van der Waals surface area contributed by atoms with Crippen LogP contribution in [-0.2, 0) is 20.0 Å². The molecule has 0 aliphatic rings. The summed E-state index contributed by atoms with van der Waals surface area (Å²) in [5, 5.41) is 12.6. The number of nitrogens with zero attached hydrogens (tertiary/aromatic N) is 2. The van der Waals surface area contributed by atoms with Gasteiger partial charge in [0.2, 0.25) is 0 Å². The number of benzene rings is 1. The van der Waals surface area contributed by atoms with Gasteiger partial charge in [-0.25, -0.2) is 0 Å². The van der Waals surface area contributed by atoms with E-state index in [1.165, 1.54) is 16.8 Å². The predicted octanol–water partition coefficient (Wildman–Crippen LogP) is 3.77. The standard InChI is InChI=1S/C17H21N3/c1-4-7-14-8-5-6-9-17(14)19-12-15-10-16(11-18)20(3)13(15)2/h5-6,8-10,19H,4,7,12H2,1-3H3. The minimum Gasteiger partial charge on any atom is -0.381 e. The minimum atomic E-state index is 0.709. The van der Waals surface area contributed by atoms with Crippen LogP contribution in [0.1, 0.15) is 35.9 Å². The van der Waals surface area contributed by atoms with E-state index >= 15 is 0 Å². The van der Waals surface area contributed by atoms with Crippen molar-refractivity contribution in [3.05, 3.63) is 52.8 Å². The van der Waals surface area contributed by atoms with Gasteiger partial charge in [0.05, 0.1) is 0 Å². The van der Waals surface area contributed by atoms with E-state index in [1.54, 1.807) is 0 Å². The highest BCUT2D eigenvalue weighted by Crippen LogP contribution is 2.20. The molecule has 0 saturated heterocycles. The smallest absolute Gasteiger partial charge is 0.120 e. The predicted molar refractivity (Wildman–Crippen MR) is 82.6 cm³/mol. The van der Waals surface area contributed by atoms with Gasteiger partial charge in [-0.1, -0.05) is 31.5 Å². The summed E-state index contributed by atoms with van der Waals surface area (Å²) in [5.41, 5.74) is 5.57. The maximum atomic E-state index is 9.06. The summed E-state index contributed by atoms with van der Waals surface area (Å²) in [6, 6.07) is 12.6. The number of aryl methyl sites for hydroxylation is 1. The molecule has 1 aromatic heterocycles. The summed E-state index contributed by atoms with van der Waals surface area (Å²) in [7, 11) is 1.93. The second-order valence-electron chi connectivity index (χ2n) is 5.07. The zero-order chi connectivity index (χ0) is 14.5. The summed E-state index contributed by atoms with van der Waals surface area (Å²) >= 11 is 0. The van der Waals surface area contributed by atoms with E-state index in [0.717, 1.165) is 25.1 Å². The summed E-state index contributed by atoms with van der Waals surface area (Å²) in [5.74, 6) is 0. The normalized spacial score (nSPS) is 10.3. The van der Waals surface area contributed by atoms with Crippen LogP contribution < -0.4 is 5.32 Å². The largest absolute Gasteiger partial charge is 0.381 e. The fourth-order valence-electron chi connectivity index (χ4n) is 2.42. The van der Waals surface area contributed by atoms with Crippen molar-refractivity contribution in [3.63, 3.8) is 0 Å². The van der Waals surface area contributed by atoms with Crippen molar-refractivity contribution in [3.8, 4) is 6.07 Å². The van der Waals surface area contributed by atoms with Gasteiger partial charge in [0.25, 0.3) is 0 Å². The number of hydrogen-bond donors (Lipinski definition) is 1. The van der Waals surface area contributed by atoms with Gasteiger partial charge in [-0.3, -0.25) is 0 Å². The van der Waals surface area contributed by atoms with E-state index in [9.17, 15) is 0 Å². The highest BCUT2D eigenvalue weighted by Gasteiger charge is 2.09. The Hall–Kier alpha value is -2.21. The first kappa shape index (κ1) is 14.2. The van der Waals surface area contributed by atoms with Gasteiger partial charge < -0.3 is 9.88 Å². The number of nitrogens with one attached hydrogen (secondary N) is 1.